The van der Waals surface area contributed by atoms with Crippen LogP contribution in [0.15, 0.2) is 36.4 Å². The van der Waals surface area contributed by atoms with Crippen LogP contribution in [0.4, 0.5) is 4.39 Å². The summed E-state index contributed by atoms with van der Waals surface area (Å²) in [5, 5.41) is 2.14. The zero-order valence-electron chi connectivity index (χ0n) is 25.0. The van der Waals surface area contributed by atoms with Crippen LogP contribution in [-0.4, -0.2) is 57.8 Å². The van der Waals surface area contributed by atoms with Gasteiger partial charge in [-0.05, 0) is 46.2 Å². The molecule has 0 radical (unpaired) electrons. The van der Waals surface area contributed by atoms with E-state index in [0.29, 0.717) is 11.3 Å². The molecule has 5 rings (SSSR count). The molecule has 38 heavy (non-hydrogen) atoms. The van der Waals surface area contributed by atoms with E-state index in [1.807, 2.05) is 27.7 Å². The maximum absolute atomic E-state index is 15.8. The number of carbonyl (C=O) groups excluding carboxylic acids is 3. The molecule has 1 atom stereocenters. The predicted molar refractivity (Wildman–Crippen MR) is 138 cm³/mol. The van der Waals surface area contributed by atoms with Crippen molar-refractivity contribution in [1.82, 2.24) is 15.1 Å². The summed E-state index contributed by atoms with van der Waals surface area (Å²) < 4.78 is 54.3. The van der Waals surface area contributed by atoms with Crippen LogP contribution in [0, 0.1) is 5.82 Å². The summed E-state index contributed by atoms with van der Waals surface area (Å²) in [7, 11) is 0. The number of ether oxygens (including phenoxy) is 2. The molecule has 0 spiro atoms. The maximum atomic E-state index is 15.8. The van der Waals surface area contributed by atoms with Gasteiger partial charge in [-0.2, -0.15) is 0 Å². The van der Waals surface area contributed by atoms with Gasteiger partial charge < -0.3 is 14.4 Å². The van der Waals surface area contributed by atoms with Crippen molar-refractivity contribution < 1.29 is 32.4 Å². The molecule has 2 aromatic rings. The monoisotopic (exact) mass is 526 g/mol. The van der Waals surface area contributed by atoms with Crippen molar-refractivity contribution in [3.63, 3.8) is 0 Å². The van der Waals surface area contributed by atoms with E-state index in [1.165, 1.54) is 12.1 Å². The number of benzene rings is 2. The van der Waals surface area contributed by atoms with Crippen molar-refractivity contribution in [3.05, 3.63) is 64.5 Å². The lowest BCUT2D eigenvalue weighted by atomic mass is 9.98. The van der Waals surface area contributed by atoms with Crippen molar-refractivity contribution in [2.75, 3.05) is 13.1 Å². The molecule has 3 heterocycles. The summed E-state index contributed by atoms with van der Waals surface area (Å²) in [4.78, 5) is 40.0. The first kappa shape index (κ1) is 22.7. The third kappa shape index (κ3) is 5.31. The van der Waals surface area contributed by atoms with Gasteiger partial charge in [-0.3, -0.25) is 24.6 Å². The summed E-state index contributed by atoms with van der Waals surface area (Å²) >= 11 is 0. The first-order valence-electron chi connectivity index (χ1n) is 14.2. The first-order valence-corrected chi connectivity index (χ1v) is 12.7. The van der Waals surface area contributed by atoms with Gasteiger partial charge in [0.1, 0.15) is 24.2 Å². The van der Waals surface area contributed by atoms with Crippen molar-refractivity contribution >= 4 is 17.7 Å². The number of fused-ring (bicyclic) bond motifs is 1. The van der Waals surface area contributed by atoms with Gasteiger partial charge in [0.15, 0.2) is 0 Å². The fourth-order valence-electron chi connectivity index (χ4n) is 5.49. The lowest BCUT2D eigenvalue weighted by Gasteiger charge is -2.47. The Morgan fingerprint density at radius 3 is 2.50 bits per heavy atom. The fraction of sp³-hybridized carbons (Fsp3) is 0.483. The van der Waals surface area contributed by atoms with Gasteiger partial charge in [-0.15, -0.1) is 0 Å². The van der Waals surface area contributed by atoms with Gasteiger partial charge >= 0.3 is 0 Å². The number of carbonyl (C=O) groups is 3. The van der Waals surface area contributed by atoms with Crippen LogP contribution in [0.25, 0.3) is 0 Å². The van der Waals surface area contributed by atoms with Crippen LogP contribution in [0.1, 0.15) is 71.7 Å². The van der Waals surface area contributed by atoms with Crippen molar-refractivity contribution in [2.24, 2.45) is 0 Å². The van der Waals surface area contributed by atoms with Crippen LogP contribution in [0.3, 0.4) is 0 Å². The molecule has 2 fully saturated rings. The fourth-order valence-corrected chi connectivity index (χ4v) is 5.49. The average molecular weight is 527 g/mol. The molecular formula is C29H34FN3O5. The summed E-state index contributed by atoms with van der Waals surface area (Å²) in [6, 6.07) is 7.39. The summed E-state index contributed by atoms with van der Waals surface area (Å²) in [6.07, 6.45) is -0.174. The molecule has 8 nitrogen and oxygen atoms in total. The molecule has 0 saturated carbocycles. The second-order valence-corrected chi connectivity index (χ2v) is 11.2. The molecule has 202 valence electrons. The SMILES string of the molecule is [2H]C1(N2Cc3c(OCc4cccc(C([2H])([2H])N5CC(C)(C)OC(C)(C)C5)c4F)cccc3C2=O)CCC(=O)NC1=O. The van der Waals surface area contributed by atoms with E-state index in [1.54, 1.807) is 29.2 Å². The molecule has 3 aliphatic rings. The summed E-state index contributed by atoms with van der Waals surface area (Å²) in [6.45, 7) is 5.63. The lowest BCUT2D eigenvalue weighted by molar-refractivity contribution is -0.182. The Morgan fingerprint density at radius 2 is 1.79 bits per heavy atom. The van der Waals surface area contributed by atoms with Crippen molar-refractivity contribution in [3.8, 4) is 5.75 Å². The Kier molecular flexibility index (Phi) is 5.83. The van der Waals surface area contributed by atoms with Gasteiger partial charge in [0, 0.05) is 51.0 Å². The highest BCUT2D eigenvalue weighted by molar-refractivity contribution is 6.05. The van der Waals surface area contributed by atoms with Crippen molar-refractivity contribution in [1.29, 1.82) is 0 Å². The number of nitrogens with zero attached hydrogens (tertiary/aromatic N) is 2. The molecule has 0 aliphatic carbocycles. The topological polar surface area (TPSA) is 88.2 Å². The quantitative estimate of drug-likeness (QED) is 0.580. The van der Waals surface area contributed by atoms with E-state index in [0.717, 1.165) is 4.90 Å². The van der Waals surface area contributed by atoms with E-state index >= 15 is 4.39 Å². The van der Waals surface area contributed by atoms with Gasteiger partial charge in [0.25, 0.3) is 5.91 Å². The van der Waals surface area contributed by atoms with Gasteiger partial charge in [0.2, 0.25) is 11.8 Å². The van der Waals surface area contributed by atoms with Crippen LogP contribution < -0.4 is 10.1 Å². The highest BCUT2D eigenvalue weighted by atomic mass is 19.1. The Morgan fingerprint density at radius 1 is 1.11 bits per heavy atom. The molecule has 1 N–H and O–H groups in total. The average Bonchev–Trinajstić information content (AvgIpc) is 3.21. The number of nitrogens with one attached hydrogen (secondary N) is 1. The molecule has 2 aromatic carbocycles. The normalized spacial score (nSPS) is 26.3. The van der Waals surface area contributed by atoms with Gasteiger partial charge in [-0.1, -0.05) is 24.3 Å². The number of morpholine rings is 1. The molecular weight excluding hydrogens is 489 g/mol. The number of halogens is 1. The van der Waals surface area contributed by atoms with E-state index in [9.17, 15) is 14.4 Å². The molecule has 0 aromatic heterocycles. The molecule has 3 amide bonds. The Labute approximate surface area is 226 Å². The molecule has 2 saturated heterocycles. The van der Waals surface area contributed by atoms with Crippen LogP contribution in [-0.2, 0) is 34.0 Å². The number of piperidine rings is 1. The summed E-state index contributed by atoms with van der Waals surface area (Å²) in [5.41, 5.74) is -0.506. The highest BCUT2D eigenvalue weighted by Crippen LogP contribution is 2.34. The maximum Gasteiger partial charge on any atom is 0.255 e. The lowest BCUT2D eigenvalue weighted by Crippen LogP contribution is -2.56. The van der Waals surface area contributed by atoms with Gasteiger partial charge in [0.05, 0.1) is 19.1 Å². The van der Waals surface area contributed by atoms with E-state index in [2.05, 4.69) is 5.32 Å². The molecule has 9 heteroatoms. The van der Waals surface area contributed by atoms with Crippen molar-refractivity contribution in [2.45, 2.75) is 77.4 Å². The zero-order chi connectivity index (χ0) is 30.0. The second kappa shape index (κ2) is 9.78. The van der Waals surface area contributed by atoms with E-state index in [-0.39, 0.29) is 55.8 Å². The third-order valence-corrected chi connectivity index (χ3v) is 6.79. The van der Waals surface area contributed by atoms with E-state index in [4.69, 9.17) is 13.6 Å². The zero-order valence-corrected chi connectivity index (χ0v) is 22.0. The first-order chi connectivity index (χ1) is 19.0. The summed E-state index contributed by atoms with van der Waals surface area (Å²) in [5.74, 6) is -2.29. The predicted octanol–water partition coefficient (Wildman–Crippen LogP) is 3.56. The number of rotatable bonds is 6. The number of hydrogen-bond acceptors (Lipinski definition) is 6. The van der Waals surface area contributed by atoms with Crippen LogP contribution >= 0.6 is 0 Å². The van der Waals surface area contributed by atoms with Crippen LogP contribution in [0.2, 0.25) is 0 Å². The second-order valence-electron chi connectivity index (χ2n) is 11.2. The Balaban J connectivity index is 1.37. The smallest absolute Gasteiger partial charge is 0.255 e. The number of amides is 3. The molecule has 0 bridgehead atoms. The molecule has 1 unspecified atom stereocenters. The molecule has 3 aliphatic heterocycles. The Bertz CT molecular complexity index is 1420. The number of imide groups is 1. The third-order valence-electron chi connectivity index (χ3n) is 6.79. The number of hydrogen-bond donors (Lipinski definition) is 1. The Hall–Kier alpha value is -3.30. The van der Waals surface area contributed by atoms with Gasteiger partial charge in [-0.25, -0.2) is 4.39 Å². The van der Waals surface area contributed by atoms with Crippen LogP contribution in [0.5, 0.6) is 5.75 Å². The standard InChI is InChI=1S/C29H34FN3O5/c1-28(2)16-32(17-29(3,4)38-28)13-18-7-5-8-19(25(18)30)15-37-23-10-6-9-20-21(23)14-33(27(20)36)22-11-12-24(34)31-26(22)35/h5-10,22H,11-17H2,1-4H3,(H,31,34,35)/i13D2,22D. The largest absolute Gasteiger partial charge is 0.488 e. The minimum absolute atomic E-state index is 0.0543. The van der Waals surface area contributed by atoms with E-state index < -0.39 is 47.3 Å². The minimum Gasteiger partial charge on any atom is -0.488 e. The highest BCUT2D eigenvalue weighted by Gasteiger charge is 2.40. The minimum atomic E-state index is -2.12.